The van der Waals surface area contributed by atoms with Gasteiger partial charge in [-0.2, -0.15) is 0 Å². The number of para-hydroxylation sites is 1. The molecule has 0 bridgehead atoms. The highest BCUT2D eigenvalue weighted by Gasteiger charge is 2.16. The third-order valence-electron chi connectivity index (χ3n) is 3.32. The predicted octanol–water partition coefficient (Wildman–Crippen LogP) is 3.48. The molecule has 0 spiro atoms. The standard InChI is InChI=1S/C15H15ClN4/c1-10-4-3-5-13-14(10)20(15(19-13)11(2)16)8-12-6-7-17-9-18-12/h3-7,9,11H,8H2,1-2H3. The van der Waals surface area contributed by atoms with Crippen molar-refractivity contribution in [2.24, 2.45) is 0 Å². The monoisotopic (exact) mass is 286 g/mol. The van der Waals surface area contributed by atoms with Gasteiger partial charge in [0.05, 0.1) is 28.6 Å². The maximum absolute atomic E-state index is 6.28. The fourth-order valence-corrected chi connectivity index (χ4v) is 2.59. The fraction of sp³-hybridized carbons (Fsp3) is 0.267. The van der Waals surface area contributed by atoms with Crippen molar-refractivity contribution in [3.8, 4) is 0 Å². The average Bonchev–Trinajstić information content (AvgIpc) is 2.80. The molecular weight excluding hydrogens is 272 g/mol. The van der Waals surface area contributed by atoms with E-state index in [-0.39, 0.29) is 5.38 Å². The Morgan fingerprint density at radius 3 is 2.85 bits per heavy atom. The average molecular weight is 287 g/mol. The van der Waals surface area contributed by atoms with E-state index in [1.54, 1.807) is 12.5 Å². The molecule has 1 atom stereocenters. The molecule has 0 saturated carbocycles. The largest absolute Gasteiger partial charge is 0.320 e. The number of nitrogens with zero attached hydrogens (tertiary/aromatic N) is 4. The van der Waals surface area contributed by atoms with Gasteiger partial charge in [0.1, 0.15) is 12.2 Å². The highest BCUT2D eigenvalue weighted by Crippen LogP contribution is 2.27. The Hall–Kier alpha value is -1.94. The smallest absolute Gasteiger partial charge is 0.128 e. The molecule has 0 aliphatic carbocycles. The molecule has 3 rings (SSSR count). The molecular formula is C15H15ClN4. The second-order valence-corrected chi connectivity index (χ2v) is 5.47. The summed E-state index contributed by atoms with van der Waals surface area (Å²) in [4.78, 5) is 12.9. The molecule has 2 heterocycles. The van der Waals surface area contributed by atoms with Crippen molar-refractivity contribution in [3.05, 3.63) is 53.9 Å². The van der Waals surface area contributed by atoms with Crippen molar-refractivity contribution in [2.75, 3.05) is 0 Å². The number of benzene rings is 1. The number of imidazole rings is 1. The van der Waals surface area contributed by atoms with Crippen LogP contribution in [0.5, 0.6) is 0 Å². The van der Waals surface area contributed by atoms with Crippen LogP contribution in [0.25, 0.3) is 11.0 Å². The lowest BCUT2D eigenvalue weighted by atomic mass is 10.2. The molecule has 1 unspecified atom stereocenters. The maximum atomic E-state index is 6.28. The number of aromatic nitrogens is 4. The summed E-state index contributed by atoms with van der Waals surface area (Å²) in [7, 11) is 0. The zero-order valence-corrected chi connectivity index (χ0v) is 12.2. The number of hydrogen-bond acceptors (Lipinski definition) is 3. The molecule has 0 radical (unpaired) electrons. The minimum atomic E-state index is -0.149. The molecule has 0 amide bonds. The van der Waals surface area contributed by atoms with Crippen LogP contribution >= 0.6 is 11.6 Å². The lowest BCUT2D eigenvalue weighted by Crippen LogP contribution is -2.07. The van der Waals surface area contributed by atoms with Crippen LogP contribution in [0.2, 0.25) is 0 Å². The molecule has 0 aliphatic heterocycles. The Balaban J connectivity index is 2.19. The molecule has 4 nitrogen and oxygen atoms in total. The van der Waals surface area contributed by atoms with Gasteiger partial charge in [-0.3, -0.25) is 0 Å². The van der Waals surface area contributed by atoms with E-state index in [2.05, 4.69) is 32.5 Å². The minimum Gasteiger partial charge on any atom is -0.320 e. The van der Waals surface area contributed by atoms with Crippen LogP contribution in [0.1, 0.15) is 29.4 Å². The Kier molecular flexibility index (Phi) is 3.40. The van der Waals surface area contributed by atoms with Gasteiger partial charge in [0, 0.05) is 6.20 Å². The normalized spacial score (nSPS) is 12.8. The van der Waals surface area contributed by atoms with Gasteiger partial charge in [-0.25, -0.2) is 15.0 Å². The summed E-state index contributed by atoms with van der Waals surface area (Å²) in [6.45, 7) is 4.67. The fourth-order valence-electron chi connectivity index (χ4n) is 2.42. The van der Waals surface area contributed by atoms with Crippen LogP contribution in [-0.4, -0.2) is 19.5 Å². The number of alkyl halides is 1. The molecule has 1 aromatic carbocycles. The van der Waals surface area contributed by atoms with Crippen molar-refractivity contribution < 1.29 is 0 Å². The molecule has 0 fully saturated rings. The number of halogens is 1. The second kappa shape index (κ2) is 5.21. The van der Waals surface area contributed by atoms with E-state index < -0.39 is 0 Å². The van der Waals surface area contributed by atoms with Gasteiger partial charge in [0.15, 0.2) is 0 Å². The van der Waals surface area contributed by atoms with Crippen LogP contribution < -0.4 is 0 Å². The molecule has 20 heavy (non-hydrogen) atoms. The molecule has 3 aromatic rings. The van der Waals surface area contributed by atoms with Crippen molar-refractivity contribution >= 4 is 22.6 Å². The maximum Gasteiger partial charge on any atom is 0.128 e. The summed E-state index contributed by atoms with van der Waals surface area (Å²) in [5.41, 5.74) is 4.23. The topological polar surface area (TPSA) is 43.6 Å². The SMILES string of the molecule is Cc1cccc2nc(C(C)Cl)n(Cc3ccncn3)c12. The van der Waals surface area contributed by atoms with Crippen LogP contribution in [-0.2, 0) is 6.54 Å². The van der Waals surface area contributed by atoms with E-state index in [1.807, 2.05) is 25.1 Å². The first kappa shape index (κ1) is 13.1. The summed E-state index contributed by atoms with van der Waals surface area (Å²) in [5, 5.41) is -0.149. The molecule has 2 aromatic heterocycles. The number of fused-ring (bicyclic) bond motifs is 1. The third kappa shape index (κ3) is 2.27. The first-order valence-corrected chi connectivity index (χ1v) is 6.95. The van der Waals surface area contributed by atoms with Gasteiger partial charge >= 0.3 is 0 Å². The lowest BCUT2D eigenvalue weighted by molar-refractivity contribution is 0.723. The Labute approximate surface area is 122 Å². The quantitative estimate of drug-likeness (QED) is 0.692. The molecule has 0 saturated heterocycles. The van der Waals surface area contributed by atoms with E-state index in [4.69, 9.17) is 11.6 Å². The zero-order valence-electron chi connectivity index (χ0n) is 11.4. The van der Waals surface area contributed by atoms with Gasteiger partial charge in [-0.1, -0.05) is 12.1 Å². The summed E-state index contributed by atoms with van der Waals surface area (Å²) in [6, 6.07) is 8.03. The minimum absolute atomic E-state index is 0.149. The highest BCUT2D eigenvalue weighted by molar-refractivity contribution is 6.20. The van der Waals surface area contributed by atoms with Crippen LogP contribution in [0.4, 0.5) is 0 Å². The van der Waals surface area contributed by atoms with Gasteiger partial charge in [-0.15, -0.1) is 11.6 Å². The van der Waals surface area contributed by atoms with Gasteiger partial charge in [0.2, 0.25) is 0 Å². The Morgan fingerprint density at radius 2 is 2.15 bits per heavy atom. The van der Waals surface area contributed by atoms with Crippen molar-refractivity contribution in [1.29, 1.82) is 0 Å². The van der Waals surface area contributed by atoms with Gasteiger partial charge in [-0.05, 0) is 31.5 Å². The van der Waals surface area contributed by atoms with Crippen LogP contribution in [0.3, 0.4) is 0 Å². The van der Waals surface area contributed by atoms with E-state index in [0.29, 0.717) is 6.54 Å². The second-order valence-electron chi connectivity index (χ2n) is 4.82. The van der Waals surface area contributed by atoms with E-state index in [9.17, 15) is 0 Å². The summed E-state index contributed by atoms with van der Waals surface area (Å²) < 4.78 is 2.14. The van der Waals surface area contributed by atoms with Crippen LogP contribution in [0.15, 0.2) is 36.8 Å². The summed E-state index contributed by atoms with van der Waals surface area (Å²) in [6.07, 6.45) is 3.31. The zero-order chi connectivity index (χ0) is 14.1. The van der Waals surface area contributed by atoms with E-state index in [1.165, 1.54) is 5.56 Å². The van der Waals surface area contributed by atoms with Gasteiger partial charge in [0.25, 0.3) is 0 Å². The summed E-state index contributed by atoms with van der Waals surface area (Å²) >= 11 is 6.28. The van der Waals surface area contributed by atoms with E-state index >= 15 is 0 Å². The van der Waals surface area contributed by atoms with Crippen molar-refractivity contribution in [2.45, 2.75) is 25.8 Å². The Bertz CT molecular complexity index is 734. The molecule has 102 valence electrons. The first-order valence-electron chi connectivity index (χ1n) is 6.51. The lowest BCUT2D eigenvalue weighted by Gasteiger charge is -2.11. The van der Waals surface area contributed by atoms with Gasteiger partial charge < -0.3 is 4.57 Å². The predicted molar refractivity (Wildman–Crippen MR) is 79.9 cm³/mol. The first-order chi connectivity index (χ1) is 9.66. The van der Waals surface area contributed by atoms with Crippen molar-refractivity contribution in [1.82, 2.24) is 19.5 Å². The van der Waals surface area contributed by atoms with Crippen molar-refractivity contribution in [3.63, 3.8) is 0 Å². The third-order valence-corrected chi connectivity index (χ3v) is 3.51. The molecule has 0 N–H and O–H groups in total. The number of rotatable bonds is 3. The highest BCUT2D eigenvalue weighted by atomic mass is 35.5. The summed E-state index contributed by atoms with van der Waals surface area (Å²) in [5.74, 6) is 0.870. The molecule has 5 heteroatoms. The number of aryl methyl sites for hydroxylation is 1. The number of hydrogen-bond donors (Lipinski definition) is 0. The Morgan fingerprint density at radius 1 is 1.30 bits per heavy atom. The van der Waals surface area contributed by atoms with Crippen LogP contribution in [0, 0.1) is 6.92 Å². The van der Waals surface area contributed by atoms with E-state index in [0.717, 1.165) is 22.6 Å². The molecule has 0 aliphatic rings.